The van der Waals surface area contributed by atoms with Crippen molar-refractivity contribution in [2.75, 3.05) is 18.5 Å². The van der Waals surface area contributed by atoms with Gasteiger partial charge in [-0.25, -0.2) is 0 Å². The number of hydrogen-bond acceptors (Lipinski definition) is 5. The fraction of sp³-hybridized carbons (Fsp3) is 0.333. The van der Waals surface area contributed by atoms with Crippen LogP contribution in [0.3, 0.4) is 0 Å². The van der Waals surface area contributed by atoms with E-state index in [0.717, 1.165) is 11.3 Å². The molecular formula is C9H15NO6S. The lowest BCUT2D eigenvalue weighted by Gasteiger charge is -2.05. The Hall–Kier alpha value is -1.35. The largest absolute Gasteiger partial charge is 0.508 e. The normalized spacial score (nSPS) is 10.4. The van der Waals surface area contributed by atoms with Crippen LogP contribution in [-0.2, 0) is 10.4 Å². The van der Waals surface area contributed by atoms with Gasteiger partial charge >= 0.3 is 10.4 Å². The molecule has 8 heteroatoms. The summed E-state index contributed by atoms with van der Waals surface area (Å²) in [5.41, 5.74) is 1.68. The lowest BCUT2D eigenvalue weighted by Crippen LogP contribution is -2.04. The monoisotopic (exact) mass is 265 g/mol. The first-order chi connectivity index (χ1) is 7.74. The van der Waals surface area contributed by atoms with Crippen LogP contribution in [0, 0.1) is 6.92 Å². The zero-order valence-corrected chi connectivity index (χ0v) is 9.98. The second-order valence-electron chi connectivity index (χ2n) is 3.10. The molecule has 1 aromatic carbocycles. The minimum Gasteiger partial charge on any atom is -0.508 e. The summed E-state index contributed by atoms with van der Waals surface area (Å²) in [6.45, 7) is 2.43. The fourth-order valence-electron chi connectivity index (χ4n) is 0.920. The average Bonchev–Trinajstić information content (AvgIpc) is 2.17. The summed E-state index contributed by atoms with van der Waals surface area (Å²) in [5, 5.41) is 20.8. The number of aromatic hydroxyl groups is 1. The van der Waals surface area contributed by atoms with Crippen molar-refractivity contribution in [3.63, 3.8) is 0 Å². The summed E-state index contributed by atoms with van der Waals surface area (Å²) in [5.74, 6) is 0.276. The number of rotatable bonds is 3. The number of anilines is 1. The van der Waals surface area contributed by atoms with E-state index in [2.05, 4.69) is 5.32 Å². The van der Waals surface area contributed by atoms with E-state index < -0.39 is 10.4 Å². The third-order valence-electron chi connectivity index (χ3n) is 1.65. The SMILES string of the molecule is Cc1ccc(NCCO)cc1O.O=S(=O)(O)O. The van der Waals surface area contributed by atoms with Crippen LogP contribution in [0.25, 0.3) is 0 Å². The molecule has 0 aliphatic carbocycles. The minimum atomic E-state index is -4.67. The Balaban J connectivity index is 0.000000437. The van der Waals surface area contributed by atoms with Crippen LogP contribution in [0.2, 0.25) is 0 Å². The number of hydrogen-bond donors (Lipinski definition) is 5. The highest BCUT2D eigenvalue weighted by Crippen LogP contribution is 2.20. The molecule has 1 rings (SSSR count). The topological polar surface area (TPSA) is 127 Å². The van der Waals surface area contributed by atoms with Crippen molar-refractivity contribution in [2.45, 2.75) is 6.92 Å². The second kappa shape index (κ2) is 7.07. The van der Waals surface area contributed by atoms with E-state index in [4.69, 9.17) is 22.6 Å². The predicted molar refractivity (Wildman–Crippen MR) is 62.6 cm³/mol. The maximum absolute atomic E-state index is 9.30. The number of phenolic OH excluding ortho intramolecular Hbond substituents is 1. The van der Waals surface area contributed by atoms with Crippen molar-refractivity contribution in [1.82, 2.24) is 0 Å². The van der Waals surface area contributed by atoms with Gasteiger partial charge in [-0.05, 0) is 18.6 Å². The highest BCUT2D eigenvalue weighted by atomic mass is 32.3. The lowest BCUT2D eigenvalue weighted by molar-refractivity contribution is 0.311. The van der Waals surface area contributed by atoms with E-state index in [9.17, 15) is 5.11 Å². The van der Waals surface area contributed by atoms with Gasteiger partial charge in [0.2, 0.25) is 0 Å². The molecule has 98 valence electrons. The molecule has 0 atom stereocenters. The van der Waals surface area contributed by atoms with Gasteiger partial charge in [-0.1, -0.05) is 6.07 Å². The second-order valence-corrected chi connectivity index (χ2v) is 4.00. The average molecular weight is 265 g/mol. The van der Waals surface area contributed by atoms with Crippen molar-refractivity contribution < 1.29 is 27.7 Å². The lowest BCUT2D eigenvalue weighted by atomic mass is 10.2. The molecule has 0 aliphatic heterocycles. The van der Waals surface area contributed by atoms with Crippen molar-refractivity contribution in [3.05, 3.63) is 23.8 Å². The molecule has 0 aliphatic rings. The summed E-state index contributed by atoms with van der Waals surface area (Å²) >= 11 is 0. The standard InChI is InChI=1S/C9H13NO2.H2O4S/c1-7-2-3-8(6-9(7)12)10-4-5-11;1-5(2,3)4/h2-3,6,10-12H,4-5H2,1H3;(H2,1,2,3,4). The van der Waals surface area contributed by atoms with Crippen LogP contribution in [0.4, 0.5) is 5.69 Å². The third-order valence-corrected chi connectivity index (χ3v) is 1.65. The molecule has 0 unspecified atom stereocenters. The summed E-state index contributed by atoms with van der Waals surface area (Å²) in [6.07, 6.45) is 0. The molecule has 1 aromatic rings. The number of aliphatic hydroxyl groups excluding tert-OH is 1. The molecule has 0 bridgehead atoms. The van der Waals surface area contributed by atoms with Crippen LogP contribution < -0.4 is 5.32 Å². The van der Waals surface area contributed by atoms with E-state index in [-0.39, 0.29) is 12.4 Å². The highest BCUT2D eigenvalue weighted by Gasteiger charge is 1.96. The Morgan fingerprint density at radius 1 is 1.29 bits per heavy atom. The smallest absolute Gasteiger partial charge is 0.394 e. The Kier molecular flexibility index (Phi) is 6.51. The van der Waals surface area contributed by atoms with Gasteiger partial charge in [-0.3, -0.25) is 9.11 Å². The predicted octanol–water partition coefficient (Wildman–Crippen LogP) is 0.452. The summed E-state index contributed by atoms with van der Waals surface area (Å²) in [6, 6.07) is 5.34. The van der Waals surface area contributed by atoms with E-state index in [1.807, 2.05) is 19.1 Å². The first-order valence-electron chi connectivity index (χ1n) is 4.58. The van der Waals surface area contributed by atoms with Crippen molar-refractivity contribution in [1.29, 1.82) is 0 Å². The fourth-order valence-corrected chi connectivity index (χ4v) is 0.920. The number of aryl methyl sites for hydroxylation is 1. The molecule has 0 amide bonds. The maximum Gasteiger partial charge on any atom is 0.394 e. The number of benzene rings is 1. The first-order valence-corrected chi connectivity index (χ1v) is 5.98. The molecule has 0 spiro atoms. The zero-order valence-electron chi connectivity index (χ0n) is 9.16. The van der Waals surface area contributed by atoms with Gasteiger partial charge in [0.25, 0.3) is 0 Å². The van der Waals surface area contributed by atoms with Crippen LogP contribution in [0.1, 0.15) is 5.56 Å². The molecule has 5 N–H and O–H groups in total. The zero-order chi connectivity index (χ0) is 13.5. The molecule has 7 nitrogen and oxygen atoms in total. The molecule has 0 fully saturated rings. The summed E-state index contributed by atoms with van der Waals surface area (Å²) in [7, 11) is -4.67. The van der Waals surface area contributed by atoms with Crippen molar-refractivity contribution >= 4 is 16.1 Å². The van der Waals surface area contributed by atoms with Crippen molar-refractivity contribution in [3.8, 4) is 5.75 Å². The van der Waals surface area contributed by atoms with Crippen molar-refractivity contribution in [2.24, 2.45) is 0 Å². The Labute approximate surface area is 99.3 Å². The minimum absolute atomic E-state index is 0.0919. The summed E-state index contributed by atoms with van der Waals surface area (Å²) in [4.78, 5) is 0. The van der Waals surface area contributed by atoms with Gasteiger partial charge in [0, 0.05) is 18.3 Å². The van der Waals surface area contributed by atoms with E-state index in [1.165, 1.54) is 0 Å². The molecule has 0 heterocycles. The van der Waals surface area contributed by atoms with Gasteiger partial charge in [-0.15, -0.1) is 0 Å². The van der Waals surface area contributed by atoms with E-state index in [0.29, 0.717) is 6.54 Å². The number of nitrogens with one attached hydrogen (secondary N) is 1. The highest BCUT2D eigenvalue weighted by molar-refractivity contribution is 7.79. The Bertz CT molecular complexity index is 437. The van der Waals surface area contributed by atoms with Gasteiger partial charge < -0.3 is 15.5 Å². The van der Waals surface area contributed by atoms with E-state index >= 15 is 0 Å². The number of aliphatic hydroxyl groups is 1. The van der Waals surface area contributed by atoms with Gasteiger partial charge in [0.15, 0.2) is 0 Å². The van der Waals surface area contributed by atoms with Crippen LogP contribution in [-0.4, -0.2) is 40.9 Å². The molecule has 0 radical (unpaired) electrons. The molecular weight excluding hydrogens is 250 g/mol. The van der Waals surface area contributed by atoms with E-state index in [1.54, 1.807) is 6.07 Å². The molecule has 0 aromatic heterocycles. The van der Waals surface area contributed by atoms with Crippen LogP contribution >= 0.6 is 0 Å². The van der Waals surface area contributed by atoms with Gasteiger partial charge in [0.05, 0.1) is 6.61 Å². The quantitative estimate of drug-likeness (QED) is 0.502. The third kappa shape index (κ3) is 9.57. The Morgan fingerprint density at radius 2 is 1.82 bits per heavy atom. The Morgan fingerprint density at radius 3 is 2.24 bits per heavy atom. The van der Waals surface area contributed by atoms with Crippen LogP contribution in [0.15, 0.2) is 18.2 Å². The number of phenols is 1. The van der Waals surface area contributed by atoms with Gasteiger partial charge in [0.1, 0.15) is 5.75 Å². The van der Waals surface area contributed by atoms with Gasteiger partial charge in [-0.2, -0.15) is 8.42 Å². The molecule has 17 heavy (non-hydrogen) atoms. The molecule has 0 saturated heterocycles. The molecule has 0 saturated carbocycles. The summed E-state index contributed by atoms with van der Waals surface area (Å²) < 4.78 is 31.6. The maximum atomic E-state index is 9.30. The van der Waals surface area contributed by atoms with Crippen LogP contribution in [0.5, 0.6) is 5.75 Å². The first kappa shape index (κ1) is 15.7.